The summed E-state index contributed by atoms with van der Waals surface area (Å²) in [5.41, 5.74) is 6.58. The van der Waals surface area contributed by atoms with Crippen LogP contribution in [0, 0.1) is 0 Å². The van der Waals surface area contributed by atoms with Crippen molar-refractivity contribution in [2.45, 2.75) is 13.3 Å². The maximum Gasteiger partial charge on any atom is 0.340 e. The van der Waals surface area contributed by atoms with Gasteiger partial charge in [0.05, 0.1) is 22.8 Å². The fourth-order valence-electron chi connectivity index (χ4n) is 2.12. The van der Waals surface area contributed by atoms with Crippen LogP contribution in [0.4, 0.5) is 11.4 Å². The van der Waals surface area contributed by atoms with Crippen LogP contribution in [0.2, 0.25) is 5.02 Å². The van der Waals surface area contributed by atoms with Crippen LogP contribution >= 0.6 is 11.6 Å². The molecule has 0 spiro atoms. The number of esters is 2. The van der Waals surface area contributed by atoms with E-state index in [4.69, 9.17) is 26.8 Å². The van der Waals surface area contributed by atoms with Gasteiger partial charge in [-0.25, -0.2) is 9.59 Å². The van der Waals surface area contributed by atoms with Crippen molar-refractivity contribution in [2.24, 2.45) is 0 Å². The maximum absolute atomic E-state index is 12.0. The average molecular weight is 391 g/mol. The van der Waals surface area contributed by atoms with Crippen LogP contribution in [-0.4, -0.2) is 31.1 Å². The van der Waals surface area contributed by atoms with Crippen molar-refractivity contribution in [1.29, 1.82) is 0 Å². The second-order valence-corrected chi connectivity index (χ2v) is 5.95. The average Bonchev–Trinajstić information content (AvgIpc) is 2.66. The van der Waals surface area contributed by atoms with Gasteiger partial charge in [0.25, 0.3) is 5.91 Å². The van der Waals surface area contributed by atoms with Crippen molar-refractivity contribution >= 4 is 40.8 Å². The molecule has 3 N–H and O–H groups in total. The zero-order valence-electron chi connectivity index (χ0n) is 14.7. The van der Waals surface area contributed by atoms with E-state index in [1.807, 2.05) is 6.92 Å². The van der Waals surface area contributed by atoms with Crippen molar-refractivity contribution in [3.8, 4) is 0 Å². The first-order chi connectivity index (χ1) is 12.9. The highest BCUT2D eigenvalue weighted by atomic mass is 35.5. The number of nitrogens with two attached hydrogens (primary N) is 1. The smallest absolute Gasteiger partial charge is 0.340 e. The summed E-state index contributed by atoms with van der Waals surface area (Å²) >= 11 is 6.00. The minimum absolute atomic E-state index is 0.136. The molecule has 0 fully saturated rings. The van der Waals surface area contributed by atoms with E-state index in [0.29, 0.717) is 12.1 Å². The SMILES string of the molecule is CCCOC(=O)c1cc(NC(=O)COC(=O)c2ccccc2N)ccc1Cl. The summed E-state index contributed by atoms with van der Waals surface area (Å²) < 4.78 is 9.99. The summed E-state index contributed by atoms with van der Waals surface area (Å²) in [6.45, 7) is 1.63. The Kier molecular flexibility index (Phi) is 7.19. The van der Waals surface area contributed by atoms with Gasteiger partial charge in [0.15, 0.2) is 6.61 Å². The monoisotopic (exact) mass is 390 g/mol. The summed E-state index contributed by atoms with van der Waals surface area (Å²) in [6, 6.07) is 10.8. The fraction of sp³-hybridized carbons (Fsp3) is 0.211. The molecule has 27 heavy (non-hydrogen) atoms. The number of nitrogen functional groups attached to an aromatic ring is 1. The molecule has 0 unspecified atom stereocenters. The number of benzene rings is 2. The topological polar surface area (TPSA) is 108 Å². The Balaban J connectivity index is 1.96. The number of nitrogens with one attached hydrogen (secondary N) is 1. The first-order valence-electron chi connectivity index (χ1n) is 8.20. The van der Waals surface area contributed by atoms with Crippen molar-refractivity contribution in [3.05, 3.63) is 58.6 Å². The number of carbonyl (C=O) groups is 3. The Morgan fingerprint density at radius 3 is 2.44 bits per heavy atom. The zero-order chi connectivity index (χ0) is 19.8. The van der Waals surface area contributed by atoms with Gasteiger partial charge in [-0.05, 0) is 36.8 Å². The number of hydrogen-bond donors (Lipinski definition) is 2. The number of rotatable bonds is 7. The molecule has 0 saturated carbocycles. The molecule has 7 nitrogen and oxygen atoms in total. The number of hydrogen-bond acceptors (Lipinski definition) is 6. The van der Waals surface area contributed by atoms with E-state index in [2.05, 4.69) is 5.32 Å². The molecule has 0 aliphatic carbocycles. The van der Waals surface area contributed by atoms with Crippen molar-refractivity contribution < 1.29 is 23.9 Å². The zero-order valence-corrected chi connectivity index (χ0v) is 15.4. The summed E-state index contributed by atoms with van der Waals surface area (Å²) in [7, 11) is 0. The first-order valence-corrected chi connectivity index (χ1v) is 8.58. The molecule has 0 saturated heterocycles. The molecule has 2 aromatic carbocycles. The molecular formula is C19H19ClN2O5. The molecule has 0 bridgehead atoms. The number of halogens is 1. The molecule has 2 rings (SSSR count). The predicted octanol–water partition coefficient (Wildman–Crippen LogP) is 3.28. The molecule has 0 aromatic heterocycles. The van der Waals surface area contributed by atoms with Gasteiger partial charge in [-0.3, -0.25) is 4.79 Å². The molecule has 0 aliphatic heterocycles. The standard InChI is InChI=1S/C19H19ClN2O5/c1-2-9-26-19(25)14-10-12(7-8-15(14)20)22-17(23)11-27-18(24)13-5-3-4-6-16(13)21/h3-8,10H,2,9,11,21H2,1H3,(H,22,23). The number of ether oxygens (including phenoxy) is 2. The summed E-state index contributed by atoms with van der Waals surface area (Å²) in [5, 5.41) is 2.74. The Morgan fingerprint density at radius 1 is 1.04 bits per heavy atom. The number of anilines is 2. The van der Waals surface area contributed by atoms with Crippen LogP contribution in [0.25, 0.3) is 0 Å². The number of para-hydroxylation sites is 1. The predicted molar refractivity (Wildman–Crippen MR) is 102 cm³/mol. The highest BCUT2D eigenvalue weighted by Crippen LogP contribution is 2.21. The molecule has 8 heteroatoms. The second kappa shape index (κ2) is 9.59. The number of amides is 1. The highest BCUT2D eigenvalue weighted by Gasteiger charge is 2.15. The molecule has 0 atom stereocenters. The van der Waals surface area contributed by atoms with E-state index < -0.39 is 24.5 Å². The molecule has 0 aliphatic rings. The second-order valence-electron chi connectivity index (χ2n) is 5.54. The Hall–Kier alpha value is -3.06. The Morgan fingerprint density at radius 2 is 1.74 bits per heavy atom. The summed E-state index contributed by atoms with van der Waals surface area (Å²) in [6.07, 6.45) is 0.678. The molecule has 142 valence electrons. The van der Waals surface area contributed by atoms with Crippen LogP contribution < -0.4 is 11.1 Å². The van der Waals surface area contributed by atoms with Gasteiger partial charge in [-0.2, -0.15) is 0 Å². The van der Waals surface area contributed by atoms with Crippen LogP contribution in [0.5, 0.6) is 0 Å². The Labute approximate surface area is 161 Å². The van der Waals surface area contributed by atoms with Crippen LogP contribution in [0.1, 0.15) is 34.1 Å². The van der Waals surface area contributed by atoms with Gasteiger partial charge in [0.1, 0.15) is 0 Å². The van der Waals surface area contributed by atoms with E-state index in [1.165, 1.54) is 24.3 Å². The van der Waals surface area contributed by atoms with E-state index in [1.54, 1.807) is 18.2 Å². The minimum atomic E-state index is -0.705. The first kappa shape index (κ1) is 20.3. The van der Waals surface area contributed by atoms with E-state index in [-0.39, 0.29) is 28.4 Å². The van der Waals surface area contributed by atoms with Gasteiger partial charge in [-0.1, -0.05) is 30.7 Å². The molecular weight excluding hydrogens is 372 g/mol. The van der Waals surface area contributed by atoms with Crippen LogP contribution in [0.15, 0.2) is 42.5 Å². The summed E-state index contributed by atoms with van der Waals surface area (Å²) in [5.74, 6) is -1.86. The quantitative estimate of drug-likeness (QED) is 0.554. The fourth-order valence-corrected chi connectivity index (χ4v) is 2.32. The molecule has 2 aromatic rings. The third-order valence-corrected chi connectivity index (χ3v) is 3.75. The van der Waals surface area contributed by atoms with E-state index in [9.17, 15) is 14.4 Å². The number of carbonyl (C=O) groups excluding carboxylic acids is 3. The maximum atomic E-state index is 12.0. The van der Waals surface area contributed by atoms with Gasteiger partial charge < -0.3 is 20.5 Å². The highest BCUT2D eigenvalue weighted by molar-refractivity contribution is 6.33. The lowest BCUT2D eigenvalue weighted by atomic mass is 10.2. The minimum Gasteiger partial charge on any atom is -0.462 e. The van der Waals surface area contributed by atoms with Gasteiger partial charge >= 0.3 is 11.9 Å². The largest absolute Gasteiger partial charge is 0.462 e. The lowest BCUT2D eigenvalue weighted by Gasteiger charge is -2.10. The van der Waals surface area contributed by atoms with E-state index in [0.717, 1.165) is 0 Å². The van der Waals surface area contributed by atoms with Crippen LogP contribution in [-0.2, 0) is 14.3 Å². The molecule has 0 radical (unpaired) electrons. The lowest BCUT2D eigenvalue weighted by Crippen LogP contribution is -2.21. The van der Waals surface area contributed by atoms with Gasteiger partial charge in [-0.15, -0.1) is 0 Å². The molecule has 1 amide bonds. The van der Waals surface area contributed by atoms with Gasteiger partial charge in [0.2, 0.25) is 0 Å². The van der Waals surface area contributed by atoms with E-state index >= 15 is 0 Å². The van der Waals surface area contributed by atoms with Gasteiger partial charge in [0, 0.05) is 11.4 Å². The van der Waals surface area contributed by atoms with Crippen molar-refractivity contribution in [2.75, 3.05) is 24.3 Å². The molecule has 0 heterocycles. The Bertz CT molecular complexity index is 854. The van der Waals surface area contributed by atoms with Crippen LogP contribution in [0.3, 0.4) is 0 Å². The lowest BCUT2D eigenvalue weighted by molar-refractivity contribution is -0.119. The summed E-state index contributed by atoms with van der Waals surface area (Å²) in [4.78, 5) is 35.9. The normalized spacial score (nSPS) is 10.1. The third-order valence-electron chi connectivity index (χ3n) is 3.42. The van der Waals surface area contributed by atoms with Crippen molar-refractivity contribution in [1.82, 2.24) is 0 Å². The third kappa shape index (κ3) is 5.72. The van der Waals surface area contributed by atoms with Crippen molar-refractivity contribution in [3.63, 3.8) is 0 Å².